The van der Waals surface area contributed by atoms with Crippen molar-refractivity contribution < 1.29 is 18.8 Å². The summed E-state index contributed by atoms with van der Waals surface area (Å²) in [5.74, 6) is 2.04. The third-order valence-corrected chi connectivity index (χ3v) is 5.44. The maximum absolute atomic E-state index is 12.7. The number of benzene rings is 2. The summed E-state index contributed by atoms with van der Waals surface area (Å²) in [5, 5.41) is 5.19. The molecule has 1 N–H and O–H groups in total. The molecule has 1 aliphatic heterocycles. The summed E-state index contributed by atoms with van der Waals surface area (Å²) in [6.07, 6.45) is 2.20. The van der Waals surface area contributed by atoms with Crippen LogP contribution in [0.4, 0.5) is 5.69 Å². The molecule has 1 amide bonds. The van der Waals surface area contributed by atoms with Crippen LogP contribution in [-0.4, -0.2) is 41.8 Å². The van der Waals surface area contributed by atoms with E-state index in [0.29, 0.717) is 36.2 Å². The van der Waals surface area contributed by atoms with Gasteiger partial charge >= 0.3 is 0 Å². The first-order chi connectivity index (χ1) is 14.7. The molecule has 5 rings (SSSR count). The zero-order valence-corrected chi connectivity index (χ0v) is 16.6. The van der Waals surface area contributed by atoms with Crippen molar-refractivity contribution in [2.75, 3.05) is 25.7 Å². The summed E-state index contributed by atoms with van der Waals surface area (Å²) < 4.78 is 16.2. The summed E-state index contributed by atoms with van der Waals surface area (Å²) >= 11 is 0. The topological polar surface area (TPSA) is 93.5 Å². The lowest BCUT2D eigenvalue weighted by atomic mass is 10.1. The van der Waals surface area contributed by atoms with Crippen LogP contribution in [0.15, 0.2) is 53.2 Å². The molecule has 0 aliphatic carbocycles. The van der Waals surface area contributed by atoms with E-state index in [1.165, 1.54) is 0 Å². The normalized spacial score (nSPS) is 16.4. The van der Waals surface area contributed by atoms with Crippen molar-refractivity contribution in [1.29, 1.82) is 0 Å². The van der Waals surface area contributed by atoms with Crippen LogP contribution in [0.5, 0.6) is 11.5 Å². The van der Waals surface area contributed by atoms with Gasteiger partial charge in [-0.3, -0.25) is 4.79 Å². The van der Waals surface area contributed by atoms with Gasteiger partial charge in [-0.25, -0.2) is 0 Å². The van der Waals surface area contributed by atoms with Gasteiger partial charge < -0.3 is 23.9 Å². The van der Waals surface area contributed by atoms with Crippen LogP contribution in [0.25, 0.3) is 22.4 Å². The van der Waals surface area contributed by atoms with Crippen LogP contribution >= 0.6 is 0 Å². The summed E-state index contributed by atoms with van der Waals surface area (Å²) in [6, 6.07) is 13.3. The molecule has 2 aromatic heterocycles. The van der Waals surface area contributed by atoms with Gasteiger partial charge in [-0.2, -0.15) is 4.98 Å². The molecular formula is C22H20N4O4. The largest absolute Gasteiger partial charge is 0.493 e. The Morgan fingerprint density at radius 2 is 2.00 bits per heavy atom. The van der Waals surface area contributed by atoms with Gasteiger partial charge in [-0.1, -0.05) is 11.2 Å². The number of fused-ring (bicyclic) bond motifs is 1. The van der Waals surface area contributed by atoms with E-state index in [1.807, 2.05) is 36.5 Å². The van der Waals surface area contributed by atoms with Crippen LogP contribution in [-0.2, 0) is 4.79 Å². The van der Waals surface area contributed by atoms with E-state index < -0.39 is 0 Å². The van der Waals surface area contributed by atoms with Gasteiger partial charge in [-0.05, 0) is 30.3 Å². The first-order valence-corrected chi connectivity index (χ1v) is 9.60. The molecule has 0 radical (unpaired) electrons. The number of ether oxygens (including phenoxy) is 2. The number of hydrogen-bond acceptors (Lipinski definition) is 6. The second kappa shape index (κ2) is 7.22. The van der Waals surface area contributed by atoms with Crippen LogP contribution < -0.4 is 14.4 Å². The predicted molar refractivity (Wildman–Crippen MR) is 111 cm³/mol. The minimum atomic E-state index is -0.145. The van der Waals surface area contributed by atoms with E-state index in [4.69, 9.17) is 14.0 Å². The van der Waals surface area contributed by atoms with Crippen molar-refractivity contribution in [3.63, 3.8) is 0 Å². The number of carbonyl (C=O) groups excluding carboxylic acids is 1. The third-order valence-electron chi connectivity index (χ3n) is 5.44. The van der Waals surface area contributed by atoms with Gasteiger partial charge in [-0.15, -0.1) is 0 Å². The lowest BCUT2D eigenvalue weighted by molar-refractivity contribution is -0.117. The molecule has 2 aromatic carbocycles. The molecule has 1 aliphatic rings. The Kier molecular flexibility index (Phi) is 4.39. The number of amides is 1. The second-order valence-electron chi connectivity index (χ2n) is 7.15. The molecule has 1 saturated heterocycles. The SMILES string of the molecule is COc1ccc(N2CC(c3noc(-c4cccc5[nH]ccc45)n3)CC2=O)cc1OC. The molecule has 1 unspecified atom stereocenters. The molecule has 8 nitrogen and oxygen atoms in total. The molecule has 152 valence electrons. The number of aromatic nitrogens is 3. The second-order valence-corrected chi connectivity index (χ2v) is 7.15. The van der Waals surface area contributed by atoms with E-state index in [2.05, 4.69) is 15.1 Å². The summed E-state index contributed by atoms with van der Waals surface area (Å²) in [5.41, 5.74) is 2.62. The minimum absolute atomic E-state index is 0.00584. The number of rotatable bonds is 5. The highest BCUT2D eigenvalue weighted by Crippen LogP contribution is 2.36. The number of nitrogens with zero attached hydrogens (tertiary/aromatic N) is 3. The zero-order valence-electron chi connectivity index (χ0n) is 16.6. The van der Waals surface area contributed by atoms with Crippen LogP contribution in [0.2, 0.25) is 0 Å². The van der Waals surface area contributed by atoms with Gasteiger partial charge in [0.25, 0.3) is 5.89 Å². The fourth-order valence-corrected chi connectivity index (χ4v) is 3.90. The highest BCUT2D eigenvalue weighted by molar-refractivity contribution is 5.97. The van der Waals surface area contributed by atoms with Crippen molar-refractivity contribution in [2.45, 2.75) is 12.3 Å². The van der Waals surface area contributed by atoms with E-state index in [-0.39, 0.29) is 11.8 Å². The lowest BCUT2D eigenvalue weighted by Crippen LogP contribution is -2.24. The smallest absolute Gasteiger partial charge is 0.258 e. The Morgan fingerprint density at radius 3 is 2.83 bits per heavy atom. The molecular weight excluding hydrogens is 384 g/mol. The Bertz CT molecular complexity index is 1230. The Hall–Kier alpha value is -3.81. The minimum Gasteiger partial charge on any atom is -0.493 e. The number of carbonyl (C=O) groups is 1. The average Bonchev–Trinajstić information content (AvgIpc) is 3.52. The van der Waals surface area contributed by atoms with Crippen molar-refractivity contribution in [2.24, 2.45) is 0 Å². The third kappa shape index (κ3) is 2.97. The summed E-state index contributed by atoms with van der Waals surface area (Å²) in [7, 11) is 3.15. The number of hydrogen-bond donors (Lipinski definition) is 1. The van der Waals surface area contributed by atoms with Gasteiger partial charge in [0.15, 0.2) is 17.3 Å². The molecule has 3 heterocycles. The van der Waals surface area contributed by atoms with E-state index in [0.717, 1.165) is 22.2 Å². The molecule has 0 saturated carbocycles. The summed E-state index contributed by atoms with van der Waals surface area (Å²) in [4.78, 5) is 22.2. The molecule has 30 heavy (non-hydrogen) atoms. The average molecular weight is 404 g/mol. The Morgan fingerprint density at radius 1 is 1.13 bits per heavy atom. The first kappa shape index (κ1) is 18.2. The fraction of sp³-hybridized carbons (Fsp3) is 0.227. The molecule has 1 atom stereocenters. The lowest BCUT2D eigenvalue weighted by Gasteiger charge is -2.18. The van der Waals surface area contributed by atoms with Crippen molar-refractivity contribution in [1.82, 2.24) is 15.1 Å². The molecule has 0 bridgehead atoms. The molecule has 4 aromatic rings. The zero-order chi connectivity index (χ0) is 20.7. The van der Waals surface area contributed by atoms with Crippen molar-refractivity contribution >= 4 is 22.5 Å². The van der Waals surface area contributed by atoms with Gasteiger partial charge in [0.2, 0.25) is 5.91 Å². The molecule has 8 heteroatoms. The first-order valence-electron chi connectivity index (χ1n) is 9.60. The monoisotopic (exact) mass is 404 g/mol. The highest BCUT2D eigenvalue weighted by atomic mass is 16.5. The highest BCUT2D eigenvalue weighted by Gasteiger charge is 2.35. The van der Waals surface area contributed by atoms with Crippen LogP contribution in [0, 0.1) is 0 Å². The van der Waals surface area contributed by atoms with Crippen molar-refractivity contribution in [3.8, 4) is 23.0 Å². The van der Waals surface area contributed by atoms with Gasteiger partial charge in [0, 0.05) is 53.3 Å². The van der Waals surface area contributed by atoms with Crippen molar-refractivity contribution in [3.05, 3.63) is 54.5 Å². The van der Waals surface area contributed by atoms with E-state index >= 15 is 0 Å². The van der Waals surface area contributed by atoms with Gasteiger partial charge in [0.1, 0.15) is 0 Å². The Labute approximate surface area is 172 Å². The number of aromatic amines is 1. The molecule has 1 fully saturated rings. The molecule has 0 spiro atoms. The van der Waals surface area contributed by atoms with E-state index in [1.54, 1.807) is 31.3 Å². The number of methoxy groups -OCH3 is 2. The Balaban J connectivity index is 1.41. The predicted octanol–water partition coefficient (Wildman–Crippen LogP) is 3.76. The van der Waals surface area contributed by atoms with E-state index in [9.17, 15) is 4.79 Å². The number of nitrogens with one attached hydrogen (secondary N) is 1. The fourth-order valence-electron chi connectivity index (χ4n) is 3.90. The van der Waals surface area contributed by atoms with Crippen LogP contribution in [0.1, 0.15) is 18.2 Å². The maximum atomic E-state index is 12.7. The maximum Gasteiger partial charge on any atom is 0.258 e. The number of H-pyrrole nitrogens is 1. The van der Waals surface area contributed by atoms with Crippen LogP contribution in [0.3, 0.4) is 0 Å². The quantitative estimate of drug-likeness (QED) is 0.544. The summed E-state index contributed by atoms with van der Waals surface area (Å²) in [6.45, 7) is 0.474. The number of anilines is 1. The van der Waals surface area contributed by atoms with Gasteiger partial charge in [0.05, 0.1) is 14.2 Å². The standard InChI is InChI=1S/C22H20N4O4/c1-28-18-7-6-14(11-19(18)29-2)26-12-13(10-20(26)27)21-24-22(30-25-21)16-4-3-5-17-15(16)8-9-23-17/h3-9,11,13,23H,10,12H2,1-2H3.